The van der Waals surface area contributed by atoms with Gasteiger partial charge in [-0.3, -0.25) is 9.59 Å². The van der Waals surface area contributed by atoms with Crippen LogP contribution in [0.4, 0.5) is 0 Å². The highest BCUT2D eigenvalue weighted by atomic mass is 16.2. The van der Waals surface area contributed by atoms with Gasteiger partial charge < -0.3 is 10.6 Å². The Bertz CT molecular complexity index is 685. The Morgan fingerprint density at radius 3 is 1.96 bits per heavy atom. The van der Waals surface area contributed by atoms with Gasteiger partial charge in [-0.2, -0.15) is 0 Å². The minimum Gasteiger partial charge on any atom is -0.355 e. The molecule has 0 unspecified atom stereocenters. The molecular formula is C23H28N2O2. The van der Waals surface area contributed by atoms with Crippen LogP contribution in [0.2, 0.25) is 0 Å². The van der Waals surface area contributed by atoms with Gasteiger partial charge in [-0.15, -0.1) is 0 Å². The molecule has 2 amide bonds. The molecule has 0 bridgehead atoms. The van der Waals surface area contributed by atoms with Gasteiger partial charge in [0, 0.05) is 19.0 Å². The van der Waals surface area contributed by atoms with Crippen molar-refractivity contribution in [3.8, 4) is 0 Å². The number of hydrogen-bond donors (Lipinski definition) is 2. The molecule has 0 aromatic heterocycles. The number of benzene rings is 2. The lowest BCUT2D eigenvalue weighted by atomic mass is 9.90. The lowest BCUT2D eigenvalue weighted by Gasteiger charge is -2.23. The molecule has 1 fully saturated rings. The third kappa shape index (κ3) is 5.68. The Morgan fingerprint density at radius 2 is 1.41 bits per heavy atom. The summed E-state index contributed by atoms with van der Waals surface area (Å²) in [6.07, 6.45) is 6.11. The Kier molecular flexibility index (Phi) is 7.03. The van der Waals surface area contributed by atoms with E-state index in [2.05, 4.69) is 10.6 Å². The molecule has 4 nitrogen and oxygen atoms in total. The molecule has 2 aromatic carbocycles. The predicted octanol–water partition coefficient (Wildman–Crippen LogP) is 3.77. The van der Waals surface area contributed by atoms with Gasteiger partial charge in [0.2, 0.25) is 11.8 Å². The maximum atomic E-state index is 12.9. The fourth-order valence-corrected chi connectivity index (χ4v) is 3.73. The highest BCUT2D eigenvalue weighted by Gasteiger charge is 2.22. The molecule has 0 saturated heterocycles. The van der Waals surface area contributed by atoms with Crippen molar-refractivity contribution in [1.29, 1.82) is 0 Å². The van der Waals surface area contributed by atoms with Crippen molar-refractivity contribution >= 4 is 11.8 Å². The van der Waals surface area contributed by atoms with E-state index in [0.717, 1.165) is 24.0 Å². The van der Waals surface area contributed by atoms with Gasteiger partial charge in [-0.1, -0.05) is 79.9 Å². The maximum Gasteiger partial charge on any atom is 0.232 e. The first-order chi connectivity index (χ1) is 13.2. The van der Waals surface area contributed by atoms with E-state index < -0.39 is 0 Å². The molecule has 1 aliphatic carbocycles. The van der Waals surface area contributed by atoms with Crippen molar-refractivity contribution in [2.24, 2.45) is 0 Å². The molecule has 0 spiro atoms. The van der Waals surface area contributed by atoms with Gasteiger partial charge in [0.15, 0.2) is 0 Å². The Balaban J connectivity index is 1.56. The van der Waals surface area contributed by atoms with E-state index >= 15 is 0 Å². The standard InChI is InChI=1S/C23H28N2O2/c26-21(25-20-14-8-3-9-15-20)16-17-24-23(27)22(18-10-4-1-5-11-18)19-12-6-2-7-13-19/h1-2,4-7,10-13,20,22H,3,8-9,14-17H2,(H,24,27)(H,25,26). The highest BCUT2D eigenvalue weighted by Crippen LogP contribution is 2.24. The first-order valence-corrected chi connectivity index (χ1v) is 9.91. The van der Waals surface area contributed by atoms with E-state index in [4.69, 9.17) is 0 Å². The zero-order chi connectivity index (χ0) is 18.9. The van der Waals surface area contributed by atoms with Crippen molar-refractivity contribution in [3.05, 3.63) is 71.8 Å². The van der Waals surface area contributed by atoms with Gasteiger partial charge in [0.1, 0.15) is 0 Å². The summed E-state index contributed by atoms with van der Waals surface area (Å²) in [6.45, 7) is 0.355. The molecule has 0 aliphatic heterocycles. The highest BCUT2D eigenvalue weighted by molar-refractivity contribution is 5.87. The normalized spacial score (nSPS) is 14.7. The summed E-state index contributed by atoms with van der Waals surface area (Å²) < 4.78 is 0. The Labute approximate surface area is 161 Å². The first kappa shape index (κ1) is 19.2. The molecule has 27 heavy (non-hydrogen) atoms. The van der Waals surface area contributed by atoms with E-state index in [0.29, 0.717) is 19.0 Å². The first-order valence-electron chi connectivity index (χ1n) is 9.91. The second-order valence-electron chi connectivity index (χ2n) is 7.20. The molecule has 3 rings (SSSR count). The molecule has 2 aromatic rings. The van der Waals surface area contributed by atoms with E-state index in [9.17, 15) is 9.59 Å². The van der Waals surface area contributed by atoms with Crippen LogP contribution in [-0.2, 0) is 9.59 Å². The van der Waals surface area contributed by atoms with Crippen molar-refractivity contribution < 1.29 is 9.59 Å². The molecule has 2 N–H and O–H groups in total. The molecular weight excluding hydrogens is 336 g/mol. The lowest BCUT2D eigenvalue weighted by Crippen LogP contribution is -2.38. The number of rotatable bonds is 7. The van der Waals surface area contributed by atoms with Crippen molar-refractivity contribution in [1.82, 2.24) is 10.6 Å². The topological polar surface area (TPSA) is 58.2 Å². The van der Waals surface area contributed by atoms with Crippen LogP contribution in [0.1, 0.15) is 55.6 Å². The smallest absolute Gasteiger partial charge is 0.232 e. The van der Waals surface area contributed by atoms with E-state index in [-0.39, 0.29) is 17.7 Å². The van der Waals surface area contributed by atoms with Crippen LogP contribution in [0.25, 0.3) is 0 Å². The summed E-state index contributed by atoms with van der Waals surface area (Å²) in [5.41, 5.74) is 1.90. The Morgan fingerprint density at radius 1 is 0.852 bits per heavy atom. The third-order valence-electron chi connectivity index (χ3n) is 5.15. The van der Waals surface area contributed by atoms with Crippen LogP contribution >= 0.6 is 0 Å². The monoisotopic (exact) mass is 364 g/mol. The molecule has 0 heterocycles. The SMILES string of the molecule is O=C(CCNC(=O)C(c1ccccc1)c1ccccc1)NC1CCCCC1. The number of hydrogen-bond acceptors (Lipinski definition) is 2. The largest absolute Gasteiger partial charge is 0.355 e. The van der Waals surface area contributed by atoms with Gasteiger partial charge in [0.25, 0.3) is 0 Å². The third-order valence-corrected chi connectivity index (χ3v) is 5.15. The second kappa shape index (κ2) is 9.91. The number of carbonyl (C=O) groups is 2. The fraction of sp³-hybridized carbons (Fsp3) is 0.391. The fourth-order valence-electron chi connectivity index (χ4n) is 3.73. The minimum absolute atomic E-state index is 0.0261. The van der Waals surface area contributed by atoms with E-state index in [1.807, 2.05) is 60.7 Å². The summed E-state index contributed by atoms with van der Waals surface area (Å²) in [4.78, 5) is 25.0. The van der Waals surface area contributed by atoms with E-state index in [1.165, 1.54) is 19.3 Å². The predicted molar refractivity (Wildman–Crippen MR) is 107 cm³/mol. The van der Waals surface area contributed by atoms with Gasteiger partial charge in [0.05, 0.1) is 5.92 Å². The van der Waals surface area contributed by atoms with E-state index in [1.54, 1.807) is 0 Å². The van der Waals surface area contributed by atoms with Crippen LogP contribution < -0.4 is 10.6 Å². The number of nitrogens with one attached hydrogen (secondary N) is 2. The second-order valence-corrected chi connectivity index (χ2v) is 7.20. The average Bonchev–Trinajstić information content (AvgIpc) is 2.70. The summed E-state index contributed by atoms with van der Waals surface area (Å²) in [7, 11) is 0. The van der Waals surface area contributed by atoms with Crippen molar-refractivity contribution in [3.63, 3.8) is 0 Å². The molecule has 142 valence electrons. The van der Waals surface area contributed by atoms with Crippen LogP contribution in [0.15, 0.2) is 60.7 Å². The lowest BCUT2D eigenvalue weighted by molar-refractivity contribution is -0.123. The maximum absolute atomic E-state index is 12.9. The molecule has 1 aliphatic rings. The van der Waals surface area contributed by atoms with Gasteiger partial charge in [-0.25, -0.2) is 0 Å². The number of carbonyl (C=O) groups excluding carboxylic acids is 2. The quantitative estimate of drug-likeness (QED) is 0.786. The zero-order valence-corrected chi connectivity index (χ0v) is 15.7. The van der Waals surface area contributed by atoms with Gasteiger partial charge >= 0.3 is 0 Å². The van der Waals surface area contributed by atoms with Crippen LogP contribution in [0.3, 0.4) is 0 Å². The minimum atomic E-state index is -0.367. The molecule has 0 radical (unpaired) electrons. The summed E-state index contributed by atoms with van der Waals surface area (Å²) in [6, 6.07) is 19.8. The zero-order valence-electron chi connectivity index (χ0n) is 15.7. The number of amides is 2. The molecule has 0 atom stereocenters. The summed E-state index contributed by atoms with van der Waals surface area (Å²) in [5.74, 6) is -0.412. The summed E-state index contributed by atoms with van der Waals surface area (Å²) in [5, 5.41) is 6.04. The van der Waals surface area contributed by atoms with Crippen LogP contribution in [-0.4, -0.2) is 24.4 Å². The molecule has 4 heteroatoms. The Hall–Kier alpha value is -2.62. The van der Waals surface area contributed by atoms with Crippen molar-refractivity contribution in [2.45, 2.75) is 50.5 Å². The molecule has 1 saturated carbocycles. The average molecular weight is 364 g/mol. The van der Waals surface area contributed by atoms with Crippen molar-refractivity contribution in [2.75, 3.05) is 6.54 Å². The summed E-state index contributed by atoms with van der Waals surface area (Å²) >= 11 is 0. The van der Waals surface area contributed by atoms with Crippen LogP contribution in [0, 0.1) is 0 Å². The van der Waals surface area contributed by atoms with Crippen LogP contribution in [0.5, 0.6) is 0 Å². The van der Waals surface area contributed by atoms with Gasteiger partial charge in [-0.05, 0) is 24.0 Å².